The zero-order valence-corrected chi connectivity index (χ0v) is 10.2. The quantitative estimate of drug-likeness (QED) is 0.715. The maximum Gasteiger partial charge on any atom is 0.303 e. The van der Waals surface area contributed by atoms with Gasteiger partial charge in [-0.1, -0.05) is 37.1 Å². The first-order valence-corrected chi connectivity index (χ1v) is 6.06. The lowest BCUT2D eigenvalue weighted by molar-refractivity contribution is -0.137. The van der Waals surface area contributed by atoms with E-state index in [-0.39, 0.29) is 6.42 Å². The van der Waals surface area contributed by atoms with Gasteiger partial charge in [-0.2, -0.15) is 0 Å². The number of hydrogen-bond donors (Lipinski definition) is 2. The fourth-order valence-electron chi connectivity index (χ4n) is 1.91. The molecule has 0 fully saturated rings. The molecule has 0 aliphatic rings. The van der Waals surface area contributed by atoms with Gasteiger partial charge in [0.25, 0.3) is 0 Å². The van der Waals surface area contributed by atoms with E-state index >= 15 is 0 Å². The lowest BCUT2D eigenvalue weighted by Crippen LogP contribution is -2.00. The summed E-state index contributed by atoms with van der Waals surface area (Å²) in [5, 5.41) is 18.5. The molecule has 2 N–H and O–H groups in total. The average Bonchev–Trinajstić information content (AvgIpc) is 2.28. The smallest absolute Gasteiger partial charge is 0.303 e. The Morgan fingerprint density at radius 3 is 2.59 bits per heavy atom. The molecule has 1 aromatic carbocycles. The molecule has 1 rings (SSSR count). The molecule has 0 saturated carbocycles. The van der Waals surface area contributed by atoms with E-state index in [4.69, 9.17) is 5.11 Å². The van der Waals surface area contributed by atoms with Gasteiger partial charge in [-0.25, -0.2) is 0 Å². The van der Waals surface area contributed by atoms with E-state index in [0.29, 0.717) is 12.8 Å². The molecule has 0 saturated heterocycles. The second-order valence-corrected chi connectivity index (χ2v) is 4.37. The lowest BCUT2D eigenvalue weighted by atomic mass is 9.99. The van der Waals surface area contributed by atoms with Crippen molar-refractivity contribution in [2.24, 2.45) is 0 Å². The topological polar surface area (TPSA) is 57.5 Å². The van der Waals surface area contributed by atoms with Gasteiger partial charge in [-0.05, 0) is 30.9 Å². The summed E-state index contributed by atoms with van der Waals surface area (Å²) >= 11 is 0. The summed E-state index contributed by atoms with van der Waals surface area (Å²) in [4.78, 5) is 10.3. The van der Waals surface area contributed by atoms with Crippen molar-refractivity contribution in [3.05, 3.63) is 35.4 Å². The van der Waals surface area contributed by atoms with Gasteiger partial charge < -0.3 is 10.2 Å². The van der Waals surface area contributed by atoms with Crippen molar-refractivity contribution in [3.8, 4) is 0 Å². The van der Waals surface area contributed by atoms with Crippen LogP contribution in [0.3, 0.4) is 0 Å². The monoisotopic (exact) mass is 236 g/mol. The summed E-state index contributed by atoms with van der Waals surface area (Å²) in [5.41, 5.74) is 2.08. The van der Waals surface area contributed by atoms with E-state index in [1.165, 1.54) is 0 Å². The highest BCUT2D eigenvalue weighted by Gasteiger charge is 2.09. The van der Waals surface area contributed by atoms with Crippen LogP contribution in [-0.2, 0) is 4.79 Å². The first kappa shape index (κ1) is 13.7. The first-order chi connectivity index (χ1) is 8.11. The van der Waals surface area contributed by atoms with Crippen molar-refractivity contribution in [2.45, 2.75) is 45.1 Å². The SMILES string of the molecule is Cc1ccccc1[C@@H](O)CCCCCC(=O)O. The Labute approximate surface area is 102 Å². The minimum atomic E-state index is -0.746. The van der Waals surface area contributed by atoms with Crippen LogP contribution in [0.25, 0.3) is 0 Å². The van der Waals surface area contributed by atoms with E-state index in [2.05, 4.69) is 0 Å². The molecular weight excluding hydrogens is 216 g/mol. The van der Waals surface area contributed by atoms with E-state index in [9.17, 15) is 9.90 Å². The zero-order valence-electron chi connectivity index (χ0n) is 10.2. The Balaban J connectivity index is 2.28. The van der Waals surface area contributed by atoms with Crippen molar-refractivity contribution in [2.75, 3.05) is 0 Å². The summed E-state index contributed by atoms with van der Waals surface area (Å²) in [6, 6.07) is 7.81. The molecule has 0 amide bonds. The molecule has 0 bridgehead atoms. The van der Waals surface area contributed by atoms with Gasteiger partial charge in [0, 0.05) is 6.42 Å². The summed E-state index contributed by atoms with van der Waals surface area (Å²) in [6.07, 6.45) is 2.90. The third-order valence-electron chi connectivity index (χ3n) is 2.92. The summed E-state index contributed by atoms with van der Waals surface area (Å²) in [6.45, 7) is 1.99. The molecule has 3 nitrogen and oxygen atoms in total. The Hall–Kier alpha value is -1.35. The maximum atomic E-state index is 10.3. The highest BCUT2D eigenvalue weighted by atomic mass is 16.4. The Morgan fingerprint density at radius 1 is 1.24 bits per heavy atom. The van der Waals surface area contributed by atoms with Gasteiger partial charge >= 0.3 is 5.97 Å². The standard InChI is InChI=1S/C14H20O3/c1-11-7-5-6-8-12(11)13(15)9-3-2-4-10-14(16)17/h5-8,13,15H,2-4,9-10H2,1H3,(H,16,17)/t13-/m0/s1. The van der Waals surface area contributed by atoms with Crippen LogP contribution < -0.4 is 0 Å². The third kappa shape index (κ3) is 5.00. The highest BCUT2D eigenvalue weighted by molar-refractivity contribution is 5.66. The van der Waals surface area contributed by atoms with Gasteiger partial charge in [-0.15, -0.1) is 0 Å². The Bertz CT molecular complexity index is 360. The van der Waals surface area contributed by atoms with Crippen LogP contribution in [0.1, 0.15) is 49.3 Å². The van der Waals surface area contributed by atoms with Gasteiger partial charge in [0.05, 0.1) is 6.10 Å². The molecule has 94 valence electrons. The first-order valence-electron chi connectivity index (χ1n) is 6.06. The normalized spacial score (nSPS) is 12.4. The van der Waals surface area contributed by atoms with Crippen LogP contribution in [0.5, 0.6) is 0 Å². The van der Waals surface area contributed by atoms with Crippen LogP contribution >= 0.6 is 0 Å². The zero-order chi connectivity index (χ0) is 12.7. The fourth-order valence-corrected chi connectivity index (χ4v) is 1.91. The van der Waals surface area contributed by atoms with Crippen molar-refractivity contribution in [3.63, 3.8) is 0 Å². The van der Waals surface area contributed by atoms with E-state index in [1.54, 1.807) is 0 Å². The fraction of sp³-hybridized carbons (Fsp3) is 0.500. The number of rotatable bonds is 7. The predicted molar refractivity (Wildman–Crippen MR) is 66.9 cm³/mol. The van der Waals surface area contributed by atoms with E-state index in [1.807, 2.05) is 31.2 Å². The largest absolute Gasteiger partial charge is 0.481 e. The number of aryl methyl sites for hydroxylation is 1. The molecule has 1 aromatic rings. The number of benzene rings is 1. The number of carboxylic acids is 1. The highest BCUT2D eigenvalue weighted by Crippen LogP contribution is 2.22. The molecule has 0 unspecified atom stereocenters. The number of aliphatic carboxylic acids is 1. The van der Waals surface area contributed by atoms with Gasteiger partial charge in [0.2, 0.25) is 0 Å². The minimum Gasteiger partial charge on any atom is -0.481 e. The van der Waals surface area contributed by atoms with Crippen LogP contribution in [-0.4, -0.2) is 16.2 Å². The number of carboxylic acid groups (broad SMARTS) is 1. The maximum absolute atomic E-state index is 10.3. The van der Waals surface area contributed by atoms with Gasteiger partial charge in [0.1, 0.15) is 0 Å². The molecular formula is C14H20O3. The number of carbonyl (C=O) groups is 1. The molecule has 0 aliphatic carbocycles. The molecule has 0 radical (unpaired) electrons. The second-order valence-electron chi connectivity index (χ2n) is 4.37. The molecule has 0 aromatic heterocycles. The molecule has 17 heavy (non-hydrogen) atoms. The van der Waals surface area contributed by atoms with Crippen molar-refractivity contribution in [1.82, 2.24) is 0 Å². The molecule has 0 heterocycles. The van der Waals surface area contributed by atoms with Crippen molar-refractivity contribution in [1.29, 1.82) is 0 Å². The molecule has 0 spiro atoms. The molecule has 0 aliphatic heterocycles. The second kappa shape index (κ2) is 7.07. The number of hydrogen-bond acceptors (Lipinski definition) is 2. The Morgan fingerprint density at radius 2 is 1.94 bits per heavy atom. The summed E-state index contributed by atoms with van der Waals surface area (Å²) < 4.78 is 0. The number of aliphatic hydroxyl groups excluding tert-OH is 1. The van der Waals surface area contributed by atoms with Crippen LogP contribution in [0.4, 0.5) is 0 Å². The van der Waals surface area contributed by atoms with Crippen LogP contribution in [0, 0.1) is 6.92 Å². The van der Waals surface area contributed by atoms with Crippen molar-refractivity contribution < 1.29 is 15.0 Å². The van der Waals surface area contributed by atoms with Gasteiger partial charge in [-0.3, -0.25) is 4.79 Å². The average molecular weight is 236 g/mol. The van der Waals surface area contributed by atoms with Crippen LogP contribution in [0.15, 0.2) is 24.3 Å². The van der Waals surface area contributed by atoms with Crippen LogP contribution in [0.2, 0.25) is 0 Å². The summed E-state index contributed by atoms with van der Waals surface area (Å²) in [5.74, 6) is -0.746. The predicted octanol–water partition coefficient (Wildman–Crippen LogP) is 3.06. The lowest BCUT2D eigenvalue weighted by Gasteiger charge is -2.13. The Kier molecular flexibility index (Phi) is 5.70. The minimum absolute atomic E-state index is 0.223. The molecule has 3 heteroatoms. The molecule has 1 atom stereocenters. The number of aliphatic hydroxyl groups is 1. The van der Waals surface area contributed by atoms with E-state index in [0.717, 1.165) is 24.0 Å². The van der Waals surface area contributed by atoms with E-state index < -0.39 is 12.1 Å². The number of unbranched alkanes of at least 4 members (excludes halogenated alkanes) is 2. The summed E-state index contributed by atoms with van der Waals surface area (Å²) in [7, 11) is 0. The van der Waals surface area contributed by atoms with Gasteiger partial charge in [0.15, 0.2) is 0 Å². The van der Waals surface area contributed by atoms with Crippen molar-refractivity contribution >= 4 is 5.97 Å². The third-order valence-corrected chi connectivity index (χ3v) is 2.92.